The number of carboxylic acid groups (broad SMARTS) is 1. The summed E-state index contributed by atoms with van der Waals surface area (Å²) in [7, 11) is 3.23. The fourth-order valence-electron chi connectivity index (χ4n) is 9.08. The zero-order valence-corrected chi connectivity index (χ0v) is 32.6. The topological polar surface area (TPSA) is 138 Å². The second-order valence-electron chi connectivity index (χ2n) is 15.3. The van der Waals surface area contributed by atoms with Crippen molar-refractivity contribution in [2.45, 2.75) is 82.6 Å². The molecule has 5 aliphatic rings. The minimum absolute atomic E-state index is 0.0252. The highest BCUT2D eigenvalue weighted by Crippen LogP contribution is 2.47. The Bertz CT molecular complexity index is 2120. The number of rotatable bonds is 13. The Morgan fingerprint density at radius 2 is 1.69 bits per heavy atom. The van der Waals surface area contributed by atoms with Gasteiger partial charge in [0.1, 0.15) is 5.82 Å². The number of ether oxygens (including phenoxy) is 2. The summed E-state index contributed by atoms with van der Waals surface area (Å²) in [5.74, 6) is 0.970. The SMILES string of the molecule is COc1nc(-c2cccc(-c3cccc4c3CC[C@@H]4Nc3nc(OC)c(CN4CC5(C(=O)O)CCC4CC5)cc3Cl)c2Cl)ccc1CNC[C@@H]1CCC(=O)N1. The van der Waals surface area contributed by atoms with Gasteiger partial charge in [0.25, 0.3) is 0 Å². The summed E-state index contributed by atoms with van der Waals surface area (Å²) < 4.78 is 11.5. The van der Waals surface area contributed by atoms with Crippen LogP contribution in [0.2, 0.25) is 10.0 Å². The standard InChI is InChI=1S/C42H46Cl2N6O5/c1-54-39-24(20-45-21-26-10-14-36(51)46-26)9-12-35(48-39)32-8-4-7-31(37(32)44)28-5-3-6-30-29(28)11-13-34(30)47-38-33(43)19-25(40(49-38)55-2)22-50-23-42(41(52)53)17-15-27(50)16-18-42/h3-9,12,19,26-27,34,45H,10-11,13-18,20-23H2,1-2H3,(H,46,51)(H,47,49)(H,52,53)/t26-,27?,34-,42?/m0/s1. The highest BCUT2D eigenvalue weighted by atomic mass is 35.5. The number of amides is 1. The molecule has 4 N–H and O–H groups in total. The highest BCUT2D eigenvalue weighted by molar-refractivity contribution is 6.36. The minimum atomic E-state index is -0.700. The first-order valence-electron chi connectivity index (χ1n) is 19.1. The van der Waals surface area contributed by atoms with Gasteiger partial charge in [-0.2, -0.15) is 4.98 Å². The largest absolute Gasteiger partial charge is 0.481 e. The molecule has 2 atom stereocenters. The van der Waals surface area contributed by atoms with Crippen molar-refractivity contribution in [2.75, 3.05) is 32.6 Å². The summed E-state index contributed by atoms with van der Waals surface area (Å²) in [6, 6.07) is 18.7. The van der Waals surface area contributed by atoms with Crippen LogP contribution in [0.25, 0.3) is 22.4 Å². The number of pyridine rings is 2. The van der Waals surface area contributed by atoms with Crippen LogP contribution in [0.1, 0.15) is 73.2 Å². The van der Waals surface area contributed by atoms with Gasteiger partial charge in [-0.05, 0) is 73.8 Å². The van der Waals surface area contributed by atoms with Gasteiger partial charge in [-0.3, -0.25) is 14.5 Å². The number of carboxylic acids is 1. The monoisotopic (exact) mass is 784 g/mol. The number of aromatic nitrogens is 2. The van der Waals surface area contributed by atoms with Crippen molar-refractivity contribution in [1.82, 2.24) is 25.5 Å². The quantitative estimate of drug-likeness (QED) is 0.108. The third kappa shape index (κ3) is 7.35. The summed E-state index contributed by atoms with van der Waals surface area (Å²) in [5.41, 5.74) is 7.02. The molecule has 0 spiro atoms. The van der Waals surface area contributed by atoms with Crippen LogP contribution in [0.15, 0.2) is 54.6 Å². The van der Waals surface area contributed by atoms with Crippen molar-refractivity contribution < 1.29 is 24.2 Å². The number of anilines is 1. The molecule has 4 fully saturated rings. The van der Waals surface area contributed by atoms with E-state index in [1.54, 1.807) is 14.2 Å². The van der Waals surface area contributed by atoms with E-state index in [1.807, 2.05) is 36.4 Å². The molecule has 3 saturated heterocycles. The highest BCUT2D eigenvalue weighted by Gasteiger charge is 2.49. The van der Waals surface area contributed by atoms with E-state index in [2.05, 4.69) is 39.0 Å². The Kier molecular flexibility index (Phi) is 10.6. The van der Waals surface area contributed by atoms with E-state index in [0.717, 1.165) is 84.0 Å². The predicted octanol–water partition coefficient (Wildman–Crippen LogP) is 7.43. The number of nitrogens with one attached hydrogen (secondary N) is 3. The zero-order chi connectivity index (χ0) is 38.3. The molecule has 9 rings (SSSR count). The molecule has 2 bridgehead atoms. The van der Waals surface area contributed by atoms with Gasteiger partial charge >= 0.3 is 5.97 Å². The lowest BCUT2D eigenvalue weighted by atomic mass is 9.67. The smallest absolute Gasteiger partial charge is 0.310 e. The molecule has 2 aromatic heterocycles. The van der Waals surface area contributed by atoms with E-state index in [4.69, 9.17) is 42.6 Å². The number of fused-ring (bicyclic) bond motifs is 4. The first-order valence-corrected chi connectivity index (χ1v) is 19.8. The molecule has 2 aliphatic carbocycles. The minimum Gasteiger partial charge on any atom is -0.481 e. The maximum atomic E-state index is 12.2. The normalized spacial score (nSPS) is 23.1. The number of carbonyl (C=O) groups is 2. The van der Waals surface area contributed by atoms with E-state index in [0.29, 0.717) is 66.3 Å². The van der Waals surface area contributed by atoms with Gasteiger partial charge in [0.15, 0.2) is 0 Å². The van der Waals surface area contributed by atoms with Crippen LogP contribution in [0, 0.1) is 5.41 Å². The summed E-state index contributed by atoms with van der Waals surface area (Å²) in [4.78, 5) is 35.7. The third-order valence-electron chi connectivity index (χ3n) is 12.0. The van der Waals surface area contributed by atoms with Gasteiger partial charge in [0.05, 0.1) is 41.4 Å². The first-order chi connectivity index (χ1) is 26.7. The summed E-state index contributed by atoms with van der Waals surface area (Å²) in [6.45, 7) is 2.31. The second kappa shape index (κ2) is 15.6. The zero-order valence-electron chi connectivity index (χ0n) is 31.1. The number of hydrogen-bond acceptors (Lipinski definition) is 9. The molecule has 2 aromatic carbocycles. The van der Waals surface area contributed by atoms with Crippen molar-refractivity contribution in [3.63, 3.8) is 0 Å². The number of aliphatic carboxylic acids is 1. The Morgan fingerprint density at radius 1 is 0.945 bits per heavy atom. The molecule has 5 heterocycles. The summed E-state index contributed by atoms with van der Waals surface area (Å²) in [5, 5.41) is 21.1. The van der Waals surface area contributed by atoms with Gasteiger partial charge in [0.2, 0.25) is 17.7 Å². The second-order valence-corrected chi connectivity index (χ2v) is 16.1. The molecule has 0 unspecified atom stereocenters. The maximum Gasteiger partial charge on any atom is 0.310 e. The Balaban J connectivity index is 0.994. The van der Waals surface area contributed by atoms with Gasteiger partial charge in [-0.1, -0.05) is 65.7 Å². The van der Waals surface area contributed by atoms with E-state index in [1.165, 1.54) is 5.56 Å². The lowest BCUT2D eigenvalue weighted by molar-refractivity contribution is -0.160. The van der Waals surface area contributed by atoms with Gasteiger partial charge in [-0.15, -0.1) is 0 Å². The average Bonchev–Trinajstić information content (AvgIpc) is 3.81. The van der Waals surface area contributed by atoms with E-state index < -0.39 is 11.4 Å². The lowest BCUT2D eigenvalue weighted by Crippen LogP contribution is -2.56. The van der Waals surface area contributed by atoms with Crippen LogP contribution < -0.4 is 25.4 Å². The number of hydrogen-bond donors (Lipinski definition) is 4. The number of benzene rings is 2. The van der Waals surface area contributed by atoms with Crippen LogP contribution in [0.5, 0.6) is 11.8 Å². The van der Waals surface area contributed by atoms with Crippen molar-refractivity contribution in [3.05, 3.63) is 86.9 Å². The molecule has 55 heavy (non-hydrogen) atoms. The van der Waals surface area contributed by atoms with Crippen LogP contribution in [0.4, 0.5) is 5.82 Å². The van der Waals surface area contributed by atoms with Gasteiger partial charge in [0, 0.05) is 66.9 Å². The van der Waals surface area contributed by atoms with Crippen molar-refractivity contribution in [1.29, 1.82) is 0 Å². The van der Waals surface area contributed by atoms with Crippen LogP contribution in [-0.2, 0) is 29.1 Å². The number of carbonyl (C=O) groups excluding carboxylic acids is 1. The molecule has 288 valence electrons. The van der Waals surface area contributed by atoms with Crippen LogP contribution >= 0.6 is 23.2 Å². The number of methoxy groups -OCH3 is 2. The van der Waals surface area contributed by atoms with E-state index in [9.17, 15) is 14.7 Å². The molecule has 4 aromatic rings. The molecule has 0 radical (unpaired) electrons. The Hall–Kier alpha value is -4.42. The molecule has 11 nitrogen and oxygen atoms in total. The Morgan fingerprint density at radius 3 is 2.44 bits per heavy atom. The number of piperidine rings is 2. The van der Waals surface area contributed by atoms with Crippen molar-refractivity contribution >= 4 is 40.9 Å². The Labute approximate surface area is 331 Å². The average molecular weight is 786 g/mol. The van der Waals surface area contributed by atoms with Crippen molar-refractivity contribution in [3.8, 4) is 34.1 Å². The van der Waals surface area contributed by atoms with E-state index in [-0.39, 0.29) is 18.0 Å². The number of halogens is 2. The van der Waals surface area contributed by atoms with Crippen molar-refractivity contribution in [2.24, 2.45) is 5.41 Å². The third-order valence-corrected chi connectivity index (χ3v) is 12.7. The molecular formula is C42H46Cl2N6O5. The first kappa shape index (κ1) is 37.5. The molecule has 1 amide bonds. The molecule has 13 heteroatoms. The fourth-order valence-corrected chi connectivity index (χ4v) is 9.64. The molecule has 1 saturated carbocycles. The molecular weight excluding hydrogens is 739 g/mol. The summed E-state index contributed by atoms with van der Waals surface area (Å²) in [6.07, 6.45) is 6.33. The van der Waals surface area contributed by atoms with E-state index >= 15 is 0 Å². The predicted molar refractivity (Wildman–Crippen MR) is 213 cm³/mol. The van der Waals surface area contributed by atoms with Crippen LogP contribution in [0.3, 0.4) is 0 Å². The van der Waals surface area contributed by atoms with Gasteiger partial charge < -0.3 is 30.5 Å². The lowest BCUT2D eigenvalue weighted by Gasteiger charge is -2.50. The summed E-state index contributed by atoms with van der Waals surface area (Å²) >= 11 is 14.1. The molecule has 3 aliphatic heterocycles. The number of nitrogens with zero attached hydrogens (tertiary/aromatic N) is 3. The van der Waals surface area contributed by atoms with Crippen LogP contribution in [-0.4, -0.2) is 71.2 Å². The maximum absolute atomic E-state index is 12.2. The van der Waals surface area contributed by atoms with Gasteiger partial charge in [-0.25, -0.2) is 4.98 Å². The fraction of sp³-hybridized carbons (Fsp3) is 0.429.